The van der Waals surface area contributed by atoms with Crippen LogP contribution >= 0.6 is 19.4 Å². The Morgan fingerprint density at radius 1 is 0.939 bits per heavy atom. The van der Waals surface area contributed by atoms with Gasteiger partial charge in [0, 0.05) is 6.61 Å². The molecule has 2 aliphatic heterocycles. The lowest BCUT2D eigenvalue weighted by molar-refractivity contribution is -0.208. The number of nitrogens with zero attached hydrogens (tertiary/aromatic N) is 4. The molecular weight excluding hydrogens is 888 g/mol. The molecular formula is C49H68ClFN5O9P. The minimum Gasteiger partial charge on any atom is -0.402 e. The Morgan fingerprint density at radius 2 is 1.62 bits per heavy atom. The zero-order valence-electron chi connectivity index (χ0n) is 39.0. The molecule has 0 amide bonds. The molecule has 0 saturated carbocycles. The molecule has 0 radical (unpaired) electrons. The number of halogens is 2. The van der Waals surface area contributed by atoms with Gasteiger partial charge in [0.15, 0.2) is 17.2 Å². The summed E-state index contributed by atoms with van der Waals surface area (Å²) < 4.78 is 81.0. The zero-order chi connectivity index (χ0) is 47.0. The molecule has 362 valence electrons. The first-order valence-electron chi connectivity index (χ1n) is 23.6. The van der Waals surface area contributed by atoms with E-state index in [1.165, 1.54) is 89.4 Å². The summed E-state index contributed by atoms with van der Waals surface area (Å²) in [5, 5.41) is 14.1. The van der Waals surface area contributed by atoms with Gasteiger partial charge in [0.05, 0.1) is 55.4 Å². The van der Waals surface area contributed by atoms with E-state index in [1.807, 2.05) is 12.1 Å². The minimum absolute atomic E-state index is 0.0354. The van der Waals surface area contributed by atoms with E-state index in [2.05, 4.69) is 17.0 Å². The second-order valence-electron chi connectivity index (χ2n) is 18.1. The number of unbranched alkanes of at least 4 members (excludes halogenated alkanes) is 14. The summed E-state index contributed by atoms with van der Waals surface area (Å²) in [5.41, 5.74) is 5.55. The van der Waals surface area contributed by atoms with Crippen molar-refractivity contribution in [1.29, 1.82) is 5.26 Å². The topological polar surface area (TPSA) is 171 Å². The van der Waals surface area contributed by atoms with Crippen LogP contribution in [-0.2, 0) is 49.5 Å². The molecule has 2 saturated heterocycles. The average molecular weight is 957 g/mol. The van der Waals surface area contributed by atoms with E-state index in [-0.39, 0.29) is 49.4 Å². The molecule has 6 rings (SSSR count). The smallest absolute Gasteiger partial charge is 0.402 e. The fraction of sp³-hybridized carbons (Fsp3) is 0.612. The van der Waals surface area contributed by atoms with Crippen LogP contribution in [0.5, 0.6) is 5.75 Å². The van der Waals surface area contributed by atoms with Gasteiger partial charge in [-0.15, -0.1) is 0 Å². The molecule has 2 aromatic carbocycles. The second-order valence-corrected chi connectivity index (χ2v) is 20.1. The fourth-order valence-electron chi connectivity index (χ4n) is 8.67. The standard InChI is InChI=1S/C49H68ClFN5O9P/c1-5-6-7-8-9-10-11-12-13-14-15-16-17-18-21-26-58-32-40(59-31-38-27-37(30-52)28-39(51)29-38)33-61-66(57,64-43-23-20-19-22-41(43)50)62-34-48(4)46-49(35-60-48,65-47(2,3)63-46)44-25-24-42-45(53)54-36-55-56(42)44/h19-20,22-25,27-29,36,40,46H,5-18,21,26,31-35H2,1-4H3,(H2,53,54,55)/t40-,46-,48-,49?,66?/m1/s1. The predicted molar refractivity (Wildman–Crippen MR) is 251 cm³/mol. The van der Waals surface area contributed by atoms with Gasteiger partial charge in [0.1, 0.15) is 41.2 Å². The van der Waals surface area contributed by atoms with Crippen molar-refractivity contribution < 1.29 is 46.2 Å². The minimum atomic E-state index is -4.55. The lowest BCUT2D eigenvalue weighted by Gasteiger charge is -2.32. The van der Waals surface area contributed by atoms with E-state index >= 15 is 0 Å². The predicted octanol–water partition coefficient (Wildman–Crippen LogP) is 11.8. The number of para-hydroxylation sites is 1. The summed E-state index contributed by atoms with van der Waals surface area (Å²) in [6.45, 7) is 7.50. The van der Waals surface area contributed by atoms with E-state index < -0.39 is 42.8 Å². The Balaban J connectivity index is 1.07. The summed E-state index contributed by atoms with van der Waals surface area (Å²) in [6.07, 6.45) is 18.6. The highest BCUT2D eigenvalue weighted by molar-refractivity contribution is 7.49. The molecule has 2 aliphatic rings. The summed E-state index contributed by atoms with van der Waals surface area (Å²) in [5.74, 6) is -1.26. The number of ether oxygens (including phenoxy) is 5. The maximum atomic E-state index is 14.8. The molecule has 4 aromatic rings. The van der Waals surface area contributed by atoms with Crippen LogP contribution in [0.4, 0.5) is 10.2 Å². The van der Waals surface area contributed by atoms with Gasteiger partial charge in [-0.05, 0) is 75.2 Å². The number of nitriles is 1. The molecule has 2 aromatic heterocycles. The van der Waals surface area contributed by atoms with E-state index in [0.29, 0.717) is 29.2 Å². The van der Waals surface area contributed by atoms with Crippen molar-refractivity contribution in [2.45, 2.75) is 160 Å². The zero-order valence-corrected chi connectivity index (χ0v) is 40.7. The van der Waals surface area contributed by atoms with E-state index in [4.69, 9.17) is 54.6 Å². The Hall–Kier alpha value is -3.68. The van der Waals surface area contributed by atoms with Crippen LogP contribution in [0.1, 0.15) is 141 Å². The van der Waals surface area contributed by atoms with E-state index in [1.54, 1.807) is 61.7 Å². The van der Waals surface area contributed by atoms with Gasteiger partial charge in [-0.25, -0.2) is 18.5 Å². The molecule has 4 heterocycles. The molecule has 0 bridgehead atoms. The summed E-state index contributed by atoms with van der Waals surface area (Å²) >= 11 is 6.49. The van der Waals surface area contributed by atoms with Crippen molar-refractivity contribution >= 4 is 30.8 Å². The Kier molecular flexibility index (Phi) is 19.2. The summed E-state index contributed by atoms with van der Waals surface area (Å²) in [6, 6.07) is 16.1. The first-order valence-corrected chi connectivity index (χ1v) is 25.5. The third-order valence-corrected chi connectivity index (χ3v) is 13.7. The normalized spacial score (nSPS) is 21.4. The lowest BCUT2D eigenvalue weighted by atomic mass is 9.86. The first kappa shape index (κ1) is 51.7. The third-order valence-electron chi connectivity index (χ3n) is 12.1. The SMILES string of the molecule is CCCCCCCCCCCCCCCCCOC[C@H](COP(=O)(OC[C@@]1(C)OCC2(c3ccc4c(N)ncnn34)OC(C)(C)O[C@@H]21)Oc1ccccc1Cl)OCc1cc(F)cc(C#N)c1. The average Bonchev–Trinajstić information content (AvgIpc) is 3.94. The fourth-order valence-corrected chi connectivity index (χ4v) is 10.2. The molecule has 5 atom stereocenters. The molecule has 66 heavy (non-hydrogen) atoms. The molecule has 14 nitrogen and oxygen atoms in total. The van der Waals surface area contributed by atoms with Gasteiger partial charge in [-0.2, -0.15) is 10.4 Å². The van der Waals surface area contributed by atoms with Crippen LogP contribution in [0.25, 0.3) is 5.52 Å². The lowest BCUT2D eigenvalue weighted by Crippen LogP contribution is -2.48. The Labute approximate surface area is 394 Å². The summed E-state index contributed by atoms with van der Waals surface area (Å²) in [7, 11) is -4.55. The molecule has 0 aliphatic carbocycles. The monoisotopic (exact) mass is 955 g/mol. The third kappa shape index (κ3) is 14.2. The van der Waals surface area contributed by atoms with Gasteiger partial charge >= 0.3 is 7.82 Å². The van der Waals surface area contributed by atoms with Gasteiger partial charge in [-0.1, -0.05) is 121 Å². The van der Waals surface area contributed by atoms with Crippen LogP contribution in [0.15, 0.2) is 60.9 Å². The molecule has 2 N–H and O–H groups in total. The highest BCUT2D eigenvalue weighted by atomic mass is 35.5. The van der Waals surface area contributed by atoms with Crippen LogP contribution in [0, 0.1) is 17.1 Å². The van der Waals surface area contributed by atoms with Crippen molar-refractivity contribution in [3.05, 3.63) is 88.6 Å². The second kappa shape index (κ2) is 24.6. The number of fused-ring (bicyclic) bond motifs is 2. The Morgan fingerprint density at radius 3 is 2.30 bits per heavy atom. The van der Waals surface area contributed by atoms with Crippen molar-refractivity contribution in [3.63, 3.8) is 0 Å². The number of nitrogens with two attached hydrogens (primary N) is 1. The highest BCUT2D eigenvalue weighted by Gasteiger charge is 2.68. The van der Waals surface area contributed by atoms with Crippen molar-refractivity contribution in [2.24, 2.45) is 0 Å². The molecule has 2 unspecified atom stereocenters. The van der Waals surface area contributed by atoms with Crippen molar-refractivity contribution in [3.8, 4) is 11.8 Å². The number of hydrogen-bond donors (Lipinski definition) is 1. The van der Waals surface area contributed by atoms with Crippen molar-refractivity contribution in [1.82, 2.24) is 14.6 Å². The van der Waals surface area contributed by atoms with E-state index in [9.17, 15) is 14.2 Å². The van der Waals surface area contributed by atoms with Crippen LogP contribution in [0.2, 0.25) is 5.02 Å². The van der Waals surface area contributed by atoms with Crippen LogP contribution in [-0.4, -0.2) is 71.2 Å². The Bertz CT molecular complexity index is 2240. The summed E-state index contributed by atoms with van der Waals surface area (Å²) in [4.78, 5) is 4.12. The maximum absolute atomic E-state index is 14.8. The molecule has 17 heteroatoms. The largest absolute Gasteiger partial charge is 0.530 e. The number of phosphoric ester groups is 1. The number of aromatic nitrogens is 3. The van der Waals surface area contributed by atoms with Gasteiger partial charge in [0.25, 0.3) is 0 Å². The van der Waals surface area contributed by atoms with Crippen LogP contribution < -0.4 is 10.3 Å². The highest BCUT2D eigenvalue weighted by Crippen LogP contribution is 2.57. The molecule has 2 fully saturated rings. The van der Waals surface area contributed by atoms with Gasteiger partial charge in [-0.3, -0.25) is 9.05 Å². The van der Waals surface area contributed by atoms with Crippen LogP contribution in [0.3, 0.4) is 0 Å². The number of benzene rings is 2. The maximum Gasteiger partial charge on any atom is 0.530 e. The van der Waals surface area contributed by atoms with E-state index in [0.717, 1.165) is 25.3 Å². The number of rotatable bonds is 30. The van der Waals surface area contributed by atoms with Gasteiger partial charge < -0.3 is 33.9 Å². The number of nitrogen functional groups attached to an aromatic ring is 1. The van der Waals surface area contributed by atoms with Gasteiger partial charge in [0.2, 0.25) is 0 Å². The number of phosphoric acid groups is 1. The van der Waals surface area contributed by atoms with Crippen molar-refractivity contribution in [2.75, 3.05) is 38.8 Å². The quantitative estimate of drug-likeness (QED) is 0.0387. The number of hydrogen-bond acceptors (Lipinski definition) is 13. The first-order chi connectivity index (χ1) is 31.8. The number of anilines is 1. The molecule has 0 spiro atoms.